The van der Waals surface area contributed by atoms with Crippen molar-refractivity contribution in [2.75, 3.05) is 38.7 Å². The van der Waals surface area contributed by atoms with Crippen molar-refractivity contribution in [1.29, 1.82) is 0 Å². The van der Waals surface area contributed by atoms with Crippen LogP contribution in [-0.2, 0) is 34.0 Å². The third kappa shape index (κ3) is 6.54. The minimum Gasteiger partial charge on any atom is -0.381 e. The van der Waals surface area contributed by atoms with E-state index in [-0.39, 0.29) is 19.4 Å². The summed E-state index contributed by atoms with van der Waals surface area (Å²) in [5.41, 5.74) is 2.17. The lowest BCUT2D eigenvalue weighted by molar-refractivity contribution is -0.159. The van der Waals surface area contributed by atoms with E-state index in [9.17, 15) is 19.5 Å². The first-order chi connectivity index (χ1) is 18.0. The molecule has 2 heterocycles. The Morgan fingerprint density at radius 1 is 1.14 bits per heavy atom. The summed E-state index contributed by atoms with van der Waals surface area (Å²) < 4.78 is 5.43. The van der Waals surface area contributed by atoms with Crippen LogP contribution in [0, 0.1) is 0 Å². The second kappa shape index (κ2) is 13.3. The molecule has 1 atom stereocenters. The van der Waals surface area contributed by atoms with Gasteiger partial charge in [0.15, 0.2) is 0 Å². The first kappa shape index (κ1) is 28.3. The number of hydrogen-bond acceptors (Lipinski definition) is 7. The molecule has 9 nitrogen and oxygen atoms in total. The molecule has 0 bridgehead atoms. The predicted molar refractivity (Wildman–Crippen MR) is 142 cm³/mol. The monoisotopic (exact) mass is 510 g/mol. The van der Waals surface area contributed by atoms with Crippen LogP contribution in [-0.4, -0.2) is 72.1 Å². The van der Waals surface area contributed by atoms with Crippen LogP contribution in [0.3, 0.4) is 0 Å². The lowest BCUT2D eigenvalue weighted by atomic mass is 10.0. The number of nitrogens with zero attached hydrogens (tertiary/aromatic N) is 2. The smallest absolute Gasteiger partial charge is 0.273 e. The Morgan fingerprint density at radius 2 is 1.84 bits per heavy atom. The minimum absolute atomic E-state index is 0.0457. The van der Waals surface area contributed by atoms with E-state index in [0.717, 1.165) is 54.6 Å². The van der Waals surface area contributed by atoms with E-state index in [0.29, 0.717) is 18.4 Å². The molecule has 2 aliphatic heterocycles. The number of anilines is 1. The van der Waals surface area contributed by atoms with Gasteiger partial charge in [0, 0.05) is 62.9 Å². The van der Waals surface area contributed by atoms with E-state index in [4.69, 9.17) is 4.74 Å². The Bertz CT molecular complexity index is 1090. The molecule has 37 heavy (non-hydrogen) atoms. The number of carbonyl (C=O) groups excluding carboxylic acids is 3. The molecule has 1 saturated heterocycles. The fourth-order valence-corrected chi connectivity index (χ4v) is 4.68. The zero-order chi connectivity index (χ0) is 26.8. The van der Waals surface area contributed by atoms with Crippen molar-refractivity contribution in [3.8, 4) is 0 Å². The van der Waals surface area contributed by atoms with Crippen LogP contribution in [0.4, 0.5) is 5.69 Å². The van der Waals surface area contributed by atoms with E-state index >= 15 is 0 Å². The van der Waals surface area contributed by atoms with Crippen LogP contribution in [0.1, 0.15) is 53.7 Å². The Labute approximate surface area is 218 Å². The summed E-state index contributed by atoms with van der Waals surface area (Å²) in [4.78, 5) is 40.1. The van der Waals surface area contributed by atoms with Gasteiger partial charge in [0.1, 0.15) is 6.29 Å². The molecule has 0 aromatic heterocycles. The van der Waals surface area contributed by atoms with Gasteiger partial charge in [-0.25, -0.2) is 0 Å². The van der Waals surface area contributed by atoms with Gasteiger partial charge < -0.3 is 25.3 Å². The van der Waals surface area contributed by atoms with Gasteiger partial charge in [-0.05, 0) is 23.3 Å². The number of amides is 2. The second-order valence-corrected chi connectivity index (χ2v) is 8.89. The van der Waals surface area contributed by atoms with Crippen LogP contribution in [0.2, 0.25) is 0 Å². The maximum atomic E-state index is 13.1. The molecule has 4 rings (SSSR count). The highest BCUT2D eigenvalue weighted by Crippen LogP contribution is 2.35. The molecule has 2 aromatic carbocycles. The van der Waals surface area contributed by atoms with Crippen molar-refractivity contribution >= 4 is 23.8 Å². The average molecular weight is 511 g/mol. The minimum atomic E-state index is -2.10. The average Bonchev–Trinajstić information content (AvgIpc) is 3.29. The summed E-state index contributed by atoms with van der Waals surface area (Å²) in [6.07, 6.45) is 0.409. The maximum Gasteiger partial charge on any atom is 0.273 e. The van der Waals surface area contributed by atoms with E-state index < -0.39 is 17.5 Å². The Balaban J connectivity index is 0.00000186. The van der Waals surface area contributed by atoms with Gasteiger partial charge in [-0.15, -0.1) is 0 Å². The molecule has 2 aromatic rings. The molecule has 0 spiro atoms. The molecular formula is C28H38N4O5. The molecular weight excluding hydrogens is 472 g/mol. The molecule has 1 fully saturated rings. The van der Waals surface area contributed by atoms with Crippen LogP contribution < -0.4 is 10.6 Å². The van der Waals surface area contributed by atoms with E-state index in [1.807, 2.05) is 26.0 Å². The van der Waals surface area contributed by atoms with Crippen LogP contribution in [0.15, 0.2) is 42.5 Å². The number of ether oxygens (including phenoxy) is 1. The van der Waals surface area contributed by atoms with Crippen molar-refractivity contribution in [3.63, 3.8) is 0 Å². The number of fused-ring (bicyclic) bond motifs is 1. The van der Waals surface area contributed by atoms with Gasteiger partial charge in [-0.3, -0.25) is 19.4 Å². The largest absolute Gasteiger partial charge is 0.381 e. The number of likely N-dealkylation sites (N-methyl/N-ethyl adjacent to an activating group) is 1. The highest BCUT2D eigenvalue weighted by Gasteiger charge is 2.47. The van der Waals surface area contributed by atoms with Crippen LogP contribution in [0.25, 0.3) is 0 Å². The molecule has 2 amide bonds. The normalized spacial score (nSPS) is 16.8. The zero-order valence-corrected chi connectivity index (χ0v) is 22.0. The predicted octanol–water partition coefficient (Wildman–Crippen LogP) is 2.53. The molecule has 2 aliphatic rings. The van der Waals surface area contributed by atoms with Crippen molar-refractivity contribution in [2.24, 2.45) is 0 Å². The highest BCUT2D eigenvalue weighted by atomic mass is 16.5. The SMILES string of the molecule is CC.CNC(=O)C(O)(CCC=O)N1Cc2c(NCc3cccc(CN4CCOCC4)c3)cccc2C1=O. The summed E-state index contributed by atoms with van der Waals surface area (Å²) in [7, 11) is 1.39. The van der Waals surface area contributed by atoms with Crippen molar-refractivity contribution in [2.45, 2.75) is 52.0 Å². The number of rotatable bonds is 10. The van der Waals surface area contributed by atoms with Crippen molar-refractivity contribution in [1.82, 2.24) is 15.1 Å². The van der Waals surface area contributed by atoms with Crippen LogP contribution in [0.5, 0.6) is 0 Å². The number of hydrogen-bond donors (Lipinski definition) is 3. The lowest BCUT2D eigenvalue weighted by Gasteiger charge is -2.35. The van der Waals surface area contributed by atoms with Gasteiger partial charge in [0.05, 0.1) is 19.8 Å². The fourth-order valence-electron chi connectivity index (χ4n) is 4.68. The topological polar surface area (TPSA) is 111 Å². The standard InChI is InChI=1S/C26H32N4O5.C2H6/c1-27-25(33)26(34,9-4-12-31)30-18-22-21(24(30)32)7-3-8-23(22)28-16-19-5-2-6-20(15-19)17-29-10-13-35-14-11-29;1-2/h2-3,5-8,12,15,28,34H,4,9-11,13-14,16-18H2,1H3,(H,27,33);1-2H3. The summed E-state index contributed by atoms with van der Waals surface area (Å²) in [5.74, 6) is -1.15. The fraction of sp³-hybridized carbons (Fsp3) is 0.464. The Kier molecular flexibility index (Phi) is 10.2. The number of morpholine rings is 1. The molecule has 0 aliphatic carbocycles. The summed E-state index contributed by atoms with van der Waals surface area (Å²) in [6, 6.07) is 13.8. The van der Waals surface area contributed by atoms with E-state index in [1.165, 1.54) is 12.6 Å². The van der Waals surface area contributed by atoms with Gasteiger partial charge >= 0.3 is 0 Å². The van der Waals surface area contributed by atoms with Crippen LogP contribution >= 0.6 is 0 Å². The molecule has 3 N–H and O–H groups in total. The van der Waals surface area contributed by atoms with Gasteiger partial charge in [0.25, 0.3) is 11.8 Å². The molecule has 0 saturated carbocycles. The second-order valence-electron chi connectivity index (χ2n) is 8.89. The van der Waals surface area contributed by atoms with E-state index in [2.05, 4.69) is 33.7 Å². The summed E-state index contributed by atoms with van der Waals surface area (Å²) in [5, 5.41) is 16.9. The Hall–Kier alpha value is -3.27. The molecule has 0 radical (unpaired) electrons. The lowest BCUT2D eigenvalue weighted by Crippen LogP contribution is -2.58. The number of carbonyl (C=O) groups is 3. The summed E-state index contributed by atoms with van der Waals surface area (Å²) >= 11 is 0. The summed E-state index contributed by atoms with van der Waals surface area (Å²) in [6.45, 7) is 8.89. The maximum absolute atomic E-state index is 13.1. The third-order valence-corrected chi connectivity index (χ3v) is 6.60. The van der Waals surface area contributed by atoms with Crippen molar-refractivity contribution < 1.29 is 24.2 Å². The number of aldehydes is 1. The number of nitrogens with one attached hydrogen (secondary N) is 2. The Morgan fingerprint density at radius 3 is 2.54 bits per heavy atom. The van der Waals surface area contributed by atoms with E-state index in [1.54, 1.807) is 12.1 Å². The first-order valence-electron chi connectivity index (χ1n) is 12.9. The third-order valence-electron chi connectivity index (χ3n) is 6.60. The highest BCUT2D eigenvalue weighted by molar-refractivity contribution is 6.03. The number of aliphatic hydroxyl groups is 1. The zero-order valence-electron chi connectivity index (χ0n) is 22.0. The van der Waals surface area contributed by atoms with Gasteiger partial charge in [0.2, 0.25) is 5.72 Å². The molecule has 9 heteroatoms. The molecule has 1 unspecified atom stereocenters. The quantitative estimate of drug-likeness (QED) is 0.421. The number of benzene rings is 2. The molecule has 200 valence electrons. The first-order valence-corrected chi connectivity index (χ1v) is 12.9. The van der Waals surface area contributed by atoms with Gasteiger partial charge in [-0.1, -0.05) is 44.2 Å². The van der Waals surface area contributed by atoms with Gasteiger partial charge in [-0.2, -0.15) is 0 Å². The van der Waals surface area contributed by atoms with Crippen molar-refractivity contribution in [3.05, 3.63) is 64.7 Å².